The second kappa shape index (κ2) is 8.22. The second-order valence-corrected chi connectivity index (χ2v) is 6.11. The number of primary amides is 1. The van der Waals surface area contributed by atoms with Gasteiger partial charge in [-0.05, 0) is 35.4 Å². The number of nitrogens with one attached hydrogen (secondary N) is 1. The van der Waals surface area contributed by atoms with Crippen molar-refractivity contribution in [3.8, 4) is 5.75 Å². The summed E-state index contributed by atoms with van der Waals surface area (Å²) in [6.45, 7) is 0. The molecule has 142 valence electrons. The zero-order valence-electron chi connectivity index (χ0n) is 15.2. The Morgan fingerprint density at radius 3 is 2.25 bits per heavy atom. The van der Waals surface area contributed by atoms with E-state index >= 15 is 0 Å². The van der Waals surface area contributed by atoms with E-state index in [1.54, 1.807) is 7.11 Å². The smallest absolute Gasteiger partial charge is 0.293 e. The average molecular weight is 377 g/mol. The van der Waals surface area contributed by atoms with Gasteiger partial charge in [0.2, 0.25) is 5.91 Å². The topological polar surface area (TPSA) is 107 Å². The molecule has 3 aromatic carbocycles. The average Bonchev–Trinajstić information content (AvgIpc) is 2.72. The number of carbonyl (C=O) groups is 1. The van der Waals surface area contributed by atoms with E-state index in [0.717, 1.165) is 11.1 Å². The fourth-order valence-electron chi connectivity index (χ4n) is 2.91. The number of nitro groups is 1. The molecule has 1 atom stereocenters. The minimum Gasteiger partial charge on any atom is -0.497 e. The Kier molecular flexibility index (Phi) is 5.55. The van der Waals surface area contributed by atoms with Crippen molar-refractivity contribution < 1.29 is 14.5 Å². The summed E-state index contributed by atoms with van der Waals surface area (Å²) >= 11 is 0. The van der Waals surface area contributed by atoms with Gasteiger partial charge in [-0.3, -0.25) is 14.9 Å². The number of amides is 1. The fourth-order valence-corrected chi connectivity index (χ4v) is 2.91. The molecule has 0 aliphatic rings. The van der Waals surface area contributed by atoms with Crippen molar-refractivity contribution in [3.63, 3.8) is 0 Å². The first-order valence-electron chi connectivity index (χ1n) is 8.53. The van der Waals surface area contributed by atoms with Crippen molar-refractivity contribution in [1.29, 1.82) is 0 Å². The van der Waals surface area contributed by atoms with Crippen LogP contribution in [0.25, 0.3) is 0 Å². The molecule has 3 rings (SSSR count). The number of anilines is 1. The molecule has 0 aliphatic carbocycles. The van der Waals surface area contributed by atoms with Gasteiger partial charge in [0.25, 0.3) is 5.69 Å². The van der Waals surface area contributed by atoms with Crippen molar-refractivity contribution in [1.82, 2.24) is 0 Å². The van der Waals surface area contributed by atoms with Gasteiger partial charge < -0.3 is 15.8 Å². The molecular weight excluding hydrogens is 358 g/mol. The number of hydrogen-bond donors (Lipinski definition) is 2. The Hall–Kier alpha value is -3.87. The van der Waals surface area contributed by atoms with E-state index in [4.69, 9.17) is 10.5 Å². The van der Waals surface area contributed by atoms with Crippen LogP contribution >= 0.6 is 0 Å². The molecule has 0 heterocycles. The van der Waals surface area contributed by atoms with Crippen molar-refractivity contribution in [2.24, 2.45) is 5.73 Å². The zero-order chi connectivity index (χ0) is 20.1. The number of nitrogens with zero attached hydrogens (tertiary/aromatic N) is 1. The van der Waals surface area contributed by atoms with E-state index in [2.05, 4.69) is 5.32 Å². The van der Waals surface area contributed by atoms with Crippen LogP contribution in [0.3, 0.4) is 0 Å². The lowest BCUT2D eigenvalue weighted by Gasteiger charge is -2.21. The van der Waals surface area contributed by atoms with E-state index in [1.165, 1.54) is 18.2 Å². The standard InChI is InChI=1S/C21H19N3O4/c1-28-17-10-7-15(8-11-17)20(14-5-3-2-4-6-14)23-18-12-9-16(21(22)25)13-19(18)24(26)27/h2-13,20,23H,1H3,(H2,22,25)/t20-/m1/s1. The maximum Gasteiger partial charge on any atom is 0.293 e. The van der Waals surface area contributed by atoms with Crippen molar-refractivity contribution in [2.45, 2.75) is 6.04 Å². The van der Waals surface area contributed by atoms with E-state index in [0.29, 0.717) is 11.4 Å². The van der Waals surface area contributed by atoms with Crippen LogP contribution in [0, 0.1) is 10.1 Å². The third-order valence-corrected chi connectivity index (χ3v) is 4.36. The number of methoxy groups -OCH3 is 1. The van der Waals surface area contributed by atoms with Gasteiger partial charge in [0.15, 0.2) is 0 Å². The molecule has 0 unspecified atom stereocenters. The van der Waals surface area contributed by atoms with Crippen molar-refractivity contribution in [2.75, 3.05) is 12.4 Å². The molecule has 0 fully saturated rings. The van der Waals surface area contributed by atoms with Crippen LogP contribution in [0.15, 0.2) is 72.8 Å². The number of rotatable bonds is 7. The summed E-state index contributed by atoms with van der Waals surface area (Å²) in [5.74, 6) is -0.00299. The number of benzene rings is 3. The highest BCUT2D eigenvalue weighted by Gasteiger charge is 2.21. The Bertz CT molecular complexity index is 988. The highest BCUT2D eigenvalue weighted by Crippen LogP contribution is 2.33. The summed E-state index contributed by atoms with van der Waals surface area (Å²) in [5.41, 5.74) is 7.24. The van der Waals surface area contributed by atoms with Gasteiger partial charge in [0.05, 0.1) is 18.1 Å². The molecule has 1 amide bonds. The zero-order valence-corrected chi connectivity index (χ0v) is 15.2. The normalized spacial score (nSPS) is 11.5. The summed E-state index contributed by atoms with van der Waals surface area (Å²) in [7, 11) is 1.59. The van der Waals surface area contributed by atoms with Crippen LogP contribution in [0.2, 0.25) is 0 Å². The van der Waals surface area contributed by atoms with Crippen LogP contribution in [-0.2, 0) is 0 Å². The van der Waals surface area contributed by atoms with E-state index in [9.17, 15) is 14.9 Å². The molecule has 0 saturated heterocycles. The quantitative estimate of drug-likeness (QED) is 0.479. The number of nitrogens with two attached hydrogens (primary N) is 1. The molecule has 0 spiro atoms. The van der Waals surface area contributed by atoms with Gasteiger partial charge in [-0.25, -0.2) is 0 Å². The first-order valence-corrected chi connectivity index (χ1v) is 8.53. The minimum atomic E-state index is -0.718. The molecule has 0 aromatic heterocycles. The number of nitro benzene ring substituents is 1. The maximum absolute atomic E-state index is 11.5. The van der Waals surface area contributed by atoms with Crippen LogP contribution in [-0.4, -0.2) is 17.9 Å². The van der Waals surface area contributed by atoms with Gasteiger partial charge in [0.1, 0.15) is 11.4 Å². The molecular formula is C21H19N3O4. The predicted octanol–water partition coefficient (Wildman–Crippen LogP) is 3.90. The Morgan fingerprint density at radius 2 is 1.68 bits per heavy atom. The molecule has 7 heteroatoms. The van der Waals surface area contributed by atoms with Gasteiger partial charge in [-0.2, -0.15) is 0 Å². The molecule has 7 nitrogen and oxygen atoms in total. The van der Waals surface area contributed by atoms with E-state index in [-0.39, 0.29) is 17.3 Å². The number of ether oxygens (including phenoxy) is 1. The Morgan fingerprint density at radius 1 is 1.04 bits per heavy atom. The Balaban J connectivity index is 2.04. The molecule has 0 radical (unpaired) electrons. The summed E-state index contributed by atoms with van der Waals surface area (Å²) < 4.78 is 5.21. The van der Waals surface area contributed by atoms with E-state index < -0.39 is 10.8 Å². The summed E-state index contributed by atoms with van der Waals surface area (Å²) in [6, 6.07) is 20.8. The van der Waals surface area contributed by atoms with Crippen LogP contribution < -0.4 is 15.8 Å². The lowest BCUT2D eigenvalue weighted by molar-refractivity contribution is -0.384. The van der Waals surface area contributed by atoms with Crippen LogP contribution in [0.5, 0.6) is 5.75 Å². The van der Waals surface area contributed by atoms with Gasteiger partial charge in [-0.1, -0.05) is 42.5 Å². The lowest BCUT2D eigenvalue weighted by Crippen LogP contribution is -2.15. The molecule has 0 aliphatic heterocycles. The van der Waals surface area contributed by atoms with Crippen molar-refractivity contribution in [3.05, 3.63) is 99.6 Å². The molecule has 3 aromatic rings. The largest absolute Gasteiger partial charge is 0.497 e. The number of hydrogen-bond acceptors (Lipinski definition) is 5. The third kappa shape index (κ3) is 4.09. The highest BCUT2D eigenvalue weighted by atomic mass is 16.6. The molecule has 0 bridgehead atoms. The van der Waals surface area contributed by atoms with E-state index in [1.807, 2.05) is 54.6 Å². The van der Waals surface area contributed by atoms with Crippen molar-refractivity contribution >= 4 is 17.3 Å². The SMILES string of the molecule is COc1ccc([C@H](Nc2ccc(C(N)=O)cc2[N+](=O)[O-])c2ccccc2)cc1. The van der Waals surface area contributed by atoms with Crippen LogP contribution in [0.4, 0.5) is 11.4 Å². The molecule has 3 N–H and O–H groups in total. The number of carbonyl (C=O) groups excluding carboxylic acids is 1. The summed E-state index contributed by atoms with van der Waals surface area (Å²) in [6.07, 6.45) is 0. The van der Waals surface area contributed by atoms with Gasteiger partial charge in [-0.15, -0.1) is 0 Å². The fraction of sp³-hybridized carbons (Fsp3) is 0.0952. The summed E-state index contributed by atoms with van der Waals surface area (Å²) in [4.78, 5) is 22.4. The monoisotopic (exact) mass is 377 g/mol. The lowest BCUT2D eigenvalue weighted by atomic mass is 9.98. The molecule has 28 heavy (non-hydrogen) atoms. The maximum atomic E-state index is 11.5. The van der Waals surface area contributed by atoms with Gasteiger partial charge in [0, 0.05) is 11.6 Å². The first-order chi connectivity index (χ1) is 13.5. The highest BCUT2D eigenvalue weighted by molar-refractivity contribution is 5.94. The Labute approximate surface area is 161 Å². The first kappa shape index (κ1) is 18.9. The second-order valence-electron chi connectivity index (χ2n) is 6.11. The minimum absolute atomic E-state index is 0.0814. The molecule has 0 saturated carbocycles. The third-order valence-electron chi connectivity index (χ3n) is 4.36. The van der Waals surface area contributed by atoms with Gasteiger partial charge >= 0.3 is 0 Å². The van der Waals surface area contributed by atoms with Crippen LogP contribution in [0.1, 0.15) is 27.5 Å². The predicted molar refractivity (Wildman–Crippen MR) is 107 cm³/mol. The summed E-state index contributed by atoms with van der Waals surface area (Å²) in [5, 5.41) is 14.8.